The lowest BCUT2D eigenvalue weighted by atomic mass is 10.0. The van der Waals surface area contributed by atoms with Crippen LogP contribution < -0.4 is 14.9 Å². The molecule has 0 aliphatic carbocycles. The van der Waals surface area contributed by atoms with Crippen LogP contribution in [0, 0.1) is 0 Å². The largest absolute Gasteiger partial charge is 0.507 e. The molecule has 38 heavy (non-hydrogen) atoms. The quantitative estimate of drug-likeness (QED) is 0.187. The molecule has 2 N–H and O–H groups in total. The zero-order valence-corrected chi connectivity index (χ0v) is 22.3. The summed E-state index contributed by atoms with van der Waals surface area (Å²) in [6.07, 6.45) is 4.22. The SMILES string of the molecule is CCCc1c(OCCCOc2ccc3c(=O)cc(CCCC(=O)O)oc3c2CCC)ccc(C(C)=O)c1O. The average molecular weight is 525 g/mol. The Morgan fingerprint density at radius 1 is 0.895 bits per heavy atom. The van der Waals surface area contributed by atoms with Crippen LogP contribution in [0.3, 0.4) is 0 Å². The number of ether oxygens (including phenoxy) is 2. The summed E-state index contributed by atoms with van der Waals surface area (Å²) in [6, 6.07) is 8.22. The van der Waals surface area contributed by atoms with Crippen LogP contribution in [0.15, 0.2) is 39.5 Å². The Morgan fingerprint density at radius 3 is 2.16 bits per heavy atom. The minimum absolute atomic E-state index is 0.00914. The minimum atomic E-state index is -0.883. The topological polar surface area (TPSA) is 123 Å². The molecule has 0 aliphatic rings. The van der Waals surface area contributed by atoms with Crippen LogP contribution in [0.4, 0.5) is 0 Å². The van der Waals surface area contributed by atoms with Gasteiger partial charge in [-0.2, -0.15) is 0 Å². The van der Waals surface area contributed by atoms with E-state index in [2.05, 4.69) is 0 Å². The number of aliphatic carboxylic acids is 1. The zero-order chi connectivity index (χ0) is 27.7. The number of carbonyl (C=O) groups excluding carboxylic acids is 1. The molecule has 2 aromatic carbocycles. The van der Waals surface area contributed by atoms with Crippen molar-refractivity contribution in [2.75, 3.05) is 13.2 Å². The van der Waals surface area contributed by atoms with E-state index in [1.807, 2.05) is 13.8 Å². The molecule has 0 fully saturated rings. The number of rotatable bonds is 15. The number of carboxylic acid groups (broad SMARTS) is 1. The van der Waals surface area contributed by atoms with Crippen molar-refractivity contribution in [2.45, 2.75) is 72.1 Å². The van der Waals surface area contributed by atoms with Gasteiger partial charge in [0.05, 0.1) is 24.2 Å². The van der Waals surface area contributed by atoms with E-state index in [9.17, 15) is 19.5 Å². The Labute approximate surface area is 222 Å². The van der Waals surface area contributed by atoms with E-state index in [0.717, 1.165) is 18.4 Å². The smallest absolute Gasteiger partial charge is 0.303 e. The van der Waals surface area contributed by atoms with Crippen molar-refractivity contribution in [1.82, 2.24) is 0 Å². The Morgan fingerprint density at radius 2 is 1.53 bits per heavy atom. The Balaban J connectivity index is 1.70. The number of Topliss-reactive ketones (excluding diaryl/α,β-unsaturated/α-hetero) is 1. The van der Waals surface area contributed by atoms with Gasteiger partial charge in [-0.1, -0.05) is 26.7 Å². The number of carboxylic acids is 1. The number of carbonyl (C=O) groups is 2. The van der Waals surface area contributed by atoms with E-state index in [1.165, 1.54) is 13.0 Å². The molecule has 0 saturated heterocycles. The van der Waals surface area contributed by atoms with Crippen LogP contribution in [0.1, 0.15) is 80.1 Å². The van der Waals surface area contributed by atoms with Gasteiger partial charge in [0.15, 0.2) is 11.2 Å². The highest BCUT2D eigenvalue weighted by Crippen LogP contribution is 2.33. The van der Waals surface area contributed by atoms with Crippen molar-refractivity contribution in [1.29, 1.82) is 0 Å². The van der Waals surface area contributed by atoms with Gasteiger partial charge in [0, 0.05) is 36.5 Å². The molecule has 0 radical (unpaired) electrons. The summed E-state index contributed by atoms with van der Waals surface area (Å²) in [5, 5.41) is 19.9. The first-order chi connectivity index (χ1) is 18.3. The number of phenolic OH excluding ortho intramolecular Hbond substituents is 1. The van der Waals surface area contributed by atoms with Crippen molar-refractivity contribution in [3.05, 3.63) is 63.0 Å². The van der Waals surface area contributed by atoms with E-state index < -0.39 is 5.97 Å². The van der Waals surface area contributed by atoms with Crippen LogP contribution in [0.2, 0.25) is 0 Å². The third kappa shape index (κ3) is 7.15. The maximum atomic E-state index is 12.7. The molecule has 0 unspecified atom stereocenters. The third-order valence-corrected chi connectivity index (χ3v) is 6.24. The summed E-state index contributed by atoms with van der Waals surface area (Å²) >= 11 is 0. The van der Waals surface area contributed by atoms with Crippen LogP contribution in [0.5, 0.6) is 17.2 Å². The summed E-state index contributed by atoms with van der Waals surface area (Å²) in [5.41, 5.74) is 2.08. The second-order valence-electron chi connectivity index (χ2n) is 9.29. The lowest BCUT2D eigenvalue weighted by Crippen LogP contribution is -2.09. The van der Waals surface area contributed by atoms with Gasteiger partial charge < -0.3 is 24.1 Å². The first-order valence-corrected chi connectivity index (χ1v) is 13.2. The molecule has 0 saturated carbocycles. The van der Waals surface area contributed by atoms with E-state index in [-0.39, 0.29) is 23.4 Å². The zero-order valence-electron chi connectivity index (χ0n) is 22.3. The summed E-state index contributed by atoms with van der Waals surface area (Å²) < 4.78 is 18.1. The molecule has 3 rings (SSSR count). The predicted octanol–water partition coefficient (Wildman–Crippen LogP) is 5.86. The molecule has 8 nitrogen and oxygen atoms in total. The minimum Gasteiger partial charge on any atom is -0.507 e. The van der Waals surface area contributed by atoms with Gasteiger partial charge in [0.2, 0.25) is 0 Å². The molecule has 3 aromatic rings. The molecule has 0 spiro atoms. The first kappa shape index (κ1) is 28.8. The number of aromatic hydroxyl groups is 1. The van der Waals surface area contributed by atoms with Crippen LogP contribution in [-0.4, -0.2) is 35.2 Å². The van der Waals surface area contributed by atoms with Gasteiger partial charge in [-0.15, -0.1) is 0 Å². The van der Waals surface area contributed by atoms with E-state index in [4.69, 9.17) is 19.0 Å². The fraction of sp³-hybridized carbons (Fsp3) is 0.433. The summed E-state index contributed by atoms with van der Waals surface area (Å²) in [7, 11) is 0. The standard InChI is InChI=1S/C30H36O8/c1-4-8-23-26(14-12-21(19(3)31)29(23)35)36-16-7-17-37-27-15-13-22-25(32)18-20(10-6-11-28(33)34)38-30(22)24(27)9-5-2/h12-15,18,35H,4-11,16-17H2,1-3H3,(H,33,34). The van der Waals surface area contributed by atoms with Crippen LogP contribution >= 0.6 is 0 Å². The van der Waals surface area contributed by atoms with E-state index in [1.54, 1.807) is 24.3 Å². The number of fused-ring (bicyclic) bond motifs is 1. The van der Waals surface area contributed by atoms with Gasteiger partial charge in [-0.05, 0) is 50.5 Å². The number of benzene rings is 2. The second-order valence-corrected chi connectivity index (χ2v) is 9.29. The van der Waals surface area contributed by atoms with Crippen molar-refractivity contribution in [3.8, 4) is 17.2 Å². The van der Waals surface area contributed by atoms with Crippen molar-refractivity contribution in [2.24, 2.45) is 0 Å². The molecular weight excluding hydrogens is 488 g/mol. The Bertz CT molecular complexity index is 1340. The predicted molar refractivity (Wildman–Crippen MR) is 145 cm³/mol. The first-order valence-electron chi connectivity index (χ1n) is 13.2. The van der Waals surface area contributed by atoms with Crippen molar-refractivity contribution in [3.63, 3.8) is 0 Å². The van der Waals surface area contributed by atoms with Gasteiger partial charge in [-0.3, -0.25) is 14.4 Å². The van der Waals surface area contributed by atoms with Crippen molar-refractivity contribution < 1.29 is 33.7 Å². The van der Waals surface area contributed by atoms with Gasteiger partial charge in [0.25, 0.3) is 0 Å². The molecule has 204 valence electrons. The van der Waals surface area contributed by atoms with E-state index >= 15 is 0 Å². The molecular formula is C30H36O8. The summed E-state index contributed by atoms with van der Waals surface area (Å²) in [6.45, 7) is 6.18. The monoisotopic (exact) mass is 524 g/mol. The van der Waals surface area contributed by atoms with Gasteiger partial charge in [-0.25, -0.2) is 0 Å². The highest BCUT2D eigenvalue weighted by Gasteiger charge is 2.17. The number of hydrogen-bond donors (Lipinski definition) is 2. The van der Waals surface area contributed by atoms with E-state index in [0.29, 0.717) is 84.7 Å². The number of hydrogen-bond acceptors (Lipinski definition) is 7. The normalized spacial score (nSPS) is 11.0. The van der Waals surface area contributed by atoms with Gasteiger partial charge >= 0.3 is 5.97 Å². The lowest BCUT2D eigenvalue weighted by Gasteiger charge is -2.16. The number of phenols is 1. The average Bonchev–Trinajstić information content (AvgIpc) is 2.86. The van der Waals surface area contributed by atoms with Gasteiger partial charge in [0.1, 0.15) is 28.6 Å². The maximum absolute atomic E-state index is 12.7. The Kier molecular flexibility index (Phi) is 10.3. The third-order valence-electron chi connectivity index (χ3n) is 6.24. The lowest BCUT2D eigenvalue weighted by molar-refractivity contribution is -0.137. The molecule has 0 atom stereocenters. The number of ketones is 1. The van der Waals surface area contributed by atoms with Crippen molar-refractivity contribution >= 4 is 22.7 Å². The fourth-order valence-electron chi connectivity index (χ4n) is 4.42. The van der Waals surface area contributed by atoms with Crippen LogP contribution in [0.25, 0.3) is 11.0 Å². The second kappa shape index (κ2) is 13.7. The molecule has 0 amide bonds. The molecule has 0 bridgehead atoms. The summed E-state index contributed by atoms with van der Waals surface area (Å²) in [5.74, 6) is 0.572. The maximum Gasteiger partial charge on any atom is 0.303 e. The fourth-order valence-corrected chi connectivity index (χ4v) is 4.42. The Hall–Kier alpha value is -3.81. The molecule has 1 heterocycles. The molecule has 1 aromatic heterocycles. The molecule has 0 aliphatic heterocycles. The number of aryl methyl sites for hydroxylation is 2. The highest BCUT2D eigenvalue weighted by atomic mass is 16.5. The highest BCUT2D eigenvalue weighted by molar-refractivity contribution is 5.97. The van der Waals surface area contributed by atoms with Crippen LogP contribution in [-0.2, 0) is 24.1 Å². The molecule has 8 heteroatoms. The summed E-state index contributed by atoms with van der Waals surface area (Å²) in [4.78, 5) is 35.3.